The maximum Gasteiger partial charge on any atom is 0.133 e. The van der Waals surface area contributed by atoms with Gasteiger partial charge in [-0.25, -0.2) is 0 Å². The predicted octanol–water partition coefficient (Wildman–Crippen LogP) is 3.31. The van der Waals surface area contributed by atoms with Crippen LogP contribution in [-0.4, -0.2) is 11.7 Å². The number of nitrogens with two attached hydrogens (primary N) is 1. The largest absolute Gasteiger partial charge is 0.496 e. The van der Waals surface area contributed by atoms with Crippen molar-refractivity contribution in [1.82, 2.24) is 4.57 Å². The Balaban J connectivity index is 2.17. The van der Waals surface area contributed by atoms with Crippen LogP contribution < -0.4 is 10.5 Å². The van der Waals surface area contributed by atoms with Crippen LogP contribution in [0.25, 0.3) is 10.9 Å². The van der Waals surface area contributed by atoms with Crippen molar-refractivity contribution < 1.29 is 4.74 Å². The van der Waals surface area contributed by atoms with Gasteiger partial charge in [-0.3, -0.25) is 0 Å². The molecule has 1 aromatic carbocycles. The third-order valence-corrected chi connectivity index (χ3v) is 4.50. The Hall–Kier alpha value is -1.48. The van der Waals surface area contributed by atoms with Crippen LogP contribution in [0.1, 0.15) is 37.7 Å². The van der Waals surface area contributed by atoms with Gasteiger partial charge >= 0.3 is 0 Å². The molecule has 1 aliphatic carbocycles. The standard InChI is InChI=1S/C16H22N2O/c1-18-11-8-12-14(18)7-6-13(15(12)19-2)16(17)9-4-3-5-10-16/h6-8,11H,3-5,9-10,17H2,1-2H3. The molecule has 0 aliphatic heterocycles. The van der Waals surface area contributed by atoms with Crippen molar-refractivity contribution in [3.05, 3.63) is 30.0 Å². The van der Waals surface area contributed by atoms with Crippen molar-refractivity contribution in [2.75, 3.05) is 7.11 Å². The van der Waals surface area contributed by atoms with Gasteiger partial charge in [-0.2, -0.15) is 0 Å². The molecule has 1 heterocycles. The fourth-order valence-electron chi connectivity index (χ4n) is 3.39. The van der Waals surface area contributed by atoms with E-state index in [-0.39, 0.29) is 5.54 Å². The first-order valence-electron chi connectivity index (χ1n) is 7.07. The number of fused-ring (bicyclic) bond motifs is 1. The molecule has 102 valence electrons. The van der Waals surface area contributed by atoms with E-state index < -0.39 is 0 Å². The minimum Gasteiger partial charge on any atom is -0.496 e. The van der Waals surface area contributed by atoms with Crippen molar-refractivity contribution >= 4 is 10.9 Å². The Morgan fingerprint density at radius 1 is 1.16 bits per heavy atom. The van der Waals surface area contributed by atoms with Gasteiger partial charge in [0, 0.05) is 29.7 Å². The van der Waals surface area contributed by atoms with Crippen LogP contribution in [0.5, 0.6) is 5.75 Å². The number of methoxy groups -OCH3 is 1. The lowest BCUT2D eigenvalue weighted by Crippen LogP contribution is -2.38. The van der Waals surface area contributed by atoms with E-state index in [1.807, 2.05) is 0 Å². The van der Waals surface area contributed by atoms with Gasteiger partial charge in [0.05, 0.1) is 12.6 Å². The van der Waals surface area contributed by atoms with Crippen LogP contribution in [-0.2, 0) is 12.6 Å². The van der Waals surface area contributed by atoms with E-state index in [9.17, 15) is 0 Å². The molecule has 0 spiro atoms. The summed E-state index contributed by atoms with van der Waals surface area (Å²) < 4.78 is 7.81. The molecule has 1 fully saturated rings. The number of ether oxygens (including phenoxy) is 1. The molecule has 3 rings (SSSR count). The summed E-state index contributed by atoms with van der Waals surface area (Å²) in [5.41, 5.74) is 8.82. The number of aromatic nitrogens is 1. The molecule has 1 aliphatic rings. The number of nitrogens with zero attached hydrogens (tertiary/aromatic N) is 1. The highest BCUT2D eigenvalue weighted by atomic mass is 16.5. The normalized spacial score (nSPS) is 18.7. The lowest BCUT2D eigenvalue weighted by Gasteiger charge is -2.35. The van der Waals surface area contributed by atoms with E-state index in [0.29, 0.717) is 0 Å². The molecule has 3 nitrogen and oxygen atoms in total. The molecule has 19 heavy (non-hydrogen) atoms. The highest BCUT2D eigenvalue weighted by Crippen LogP contribution is 2.42. The van der Waals surface area contributed by atoms with Crippen LogP contribution in [0.3, 0.4) is 0 Å². The molecule has 1 saturated carbocycles. The van der Waals surface area contributed by atoms with Crippen LogP contribution in [0.15, 0.2) is 24.4 Å². The van der Waals surface area contributed by atoms with Crippen molar-refractivity contribution in [3.8, 4) is 5.75 Å². The Bertz CT molecular complexity index is 594. The smallest absolute Gasteiger partial charge is 0.133 e. The summed E-state index contributed by atoms with van der Waals surface area (Å²) in [5.74, 6) is 0.961. The molecule has 0 unspecified atom stereocenters. The minimum atomic E-state index is -0.215. The third-order valence-electron chi connectivity index (χ3n) is 4.50. The third kappa shape index (κ3) is 1.93. The predicted molar refractivity (Wildman–Crippen MR) is 78.4 cm³/mol. The fourth-order valence-corrected chi connectivity index (χ4v) is 3.39. The summed E-state index contributed by atoms with van der Waals surface area (Å²) in [6, 6.07) is 6.44. The molecule has 0 amide bonds. The summed E-state index contributed by atoms with van der Waals surface area (Å²) in [6.45, 7) is 0. The van der Waals surface area contributed by atoms with Gasteiger partial charge in [-0.1, -0.05) is 25.3 Å². The molecule has 0 bridgehead atoms. The van der Waals surface area contributed by atoms with Gasteiger partial charge < -0.3 is 15.0 Å². The monoisotopic (exact) mass is 258 g/mol. The van der Waals surface area contributed by atoms with E-state index in [0.717, 1.165) is 24.0 Å². The number of rotatable bonds is 2. The van der Waals surface area contributed by atoms with Crippen molar-refractivity contribution in [1.29, 1.82) is 0 Å². The van der Waals surface area contributed by atoms with Crippen molar-refractivity contribution in [2.24, 2.45) is 12.8 Å². The Kier molecular flexibility index (Phi) is 3.02. The zero-order valence-electron chi connectivity index (χ0n) is 11.8. The van der Waals surface area contributed by atoms with E-state index in [1.165, 1.54) is 30.3 Å². The summed E-state index contributed by atoms with van der Waals surface area (Å²) in [7, 11) is 3.80. The lowest BCUT2D eigenvalue weighted by molar-refractivity contribution is 0.290. The van der Waals surface area contributed by atoms with Crippen molar-refractivity contribution in [2.45, 2.75) is 37.6 Å². The quantitative estimate of drug-likeness (QED) is 0.897. The van der Waals surface area contributed by atoms with E-state index in [1.54, 1.807) is 7.11 Å². The van der Waals surface area contributed by atoms with Crippen LogP contribution in [0.2, 0.25) is 0 Å². The maximum absolute atomic E-state index is 6.67. The number of hydrogen-bond acceptors (Lipinski definition) is 2. The maximum atomic E-state index is 6.67. The SMILES string of the molecule is COc1c(C2(N)CCCCC2)ccc2c1ccn2C. The van der Waals surface area contributed by atoms with Gasteiger partial charge in [0.15, 0.2) is 0 Å². The fraction of sp³-hybridized carbons (Fsp3) is 0.500. The van der Waals surface area contributed by atoms with Gasteiger partial charge in [-0.05, 0) is 25.0 Å². The van der Waals surface area contributed by atoms with Crippen LogP contribution >= 0.6 is 0 Å². The molecule has 0 radical (unpaired) electrons. The minimum absolute atomic E-state index is 0.215. The van der Waals surface area contributed by atoms with E-state index in [2.05, 4.69) is 36.0 Å². The van der Waals surface area contributed by atoms with Gasteiger partial charge in [0.1, 0.15) is 5.75 Å². The average Bonchev–Trinajstić information content (AvgIpc) is 2.80. The Morgan fingerprint density at radius 3 is 2.58 bits per heavy atom. The van der Waals surface area contributed by atoms with E-state index in [4.69, 9.17) is 10.5 Å². The lowest BCUT2D eigenvalue weighted by atomic mass is 9.77. The first-order chi connectivity index (χ1) is 9.15. The second-order valence-corrected chi connectivity index (χ2v) is 5.72. The van der Waals surface area contributed by atoms with Crippen molar-refractivity contribution in [3.63, 3.8) is 0 Å². The Morgan fingerprint density at radius 2 is 1.89 bits per heavy atom. The first-order valence-corrected chi connectivity index (χ1v) is 7.07. The number of aryl methyl sites for hydroxylation is 1. The molecule has 2 aromatic rings. The van der Waals surface area contributed by atoms with Gasteiger partial charge in [0.25, 0.3) is 0 Å². The molecular formula is C16H22N2O. The molecular weight excluding hydrogens is 236 g/mol. The highest BCUT2D eigenvalue weighted by molar-refractivity contribution is 5.88. The molecule has 3 heteroatoms. The topological polar surface area (TPSA) is 40.2 Å². The van der Waals surface area contributed by atoms with Crippen LogP contribution in [0, 0.1) is 0 Å². The second kappa shape index (κ2) is 4.57. The van der Waals surface area contributed by atoms with Crippen LogP contribution in [0.4, 0.5) is 0 Å². The Labute approximate surface area is 114 Å². The van der Waals surface area contributed by atoms with Gasteiger partial charge in [-0.15, -0.1) is 0 Å². The summed E-state index contributed by atoms with van der Waals surface area (Å²) in [4.78, 5) is 0. The van der Waals surface area contributed by atoms with E-state index >= 15 is 0 Å². The zero-order valence-corrected chi connectivity index (χ0v) is 11.8. The molecule has 2 N–H and O–H groups in total. The second-order valence-electron chi connectivity index (χ2n) is 5.72. The number of benzene rings is 1. The summed E-state index contributed by atoms with van der Waals surface area (Å²) >= 11 is 0. The average molecular weight is 258 g/mol. The molecule has 1 aromatic heterocycles. The highest BCUT2D eigenvalue weighted by Gasteiger charge is 2.32. The summed E-state index contributed by atoms with van der Waals surface area (Å²) in [6.07, 6.45) is 7.91. The van der Waals surface area contributed by atoms with Gasteiger partial charge in [0.2, 0.25) is 0 Å². The summed E-state index contributed by atoms with van der Waals surface area (Å²) in [5, 5.41) is 1.16. The zero-order chi connectivity index (χ0) is 13.5. The number of hydrogen-bond donors (Lipinski definition) is 1. The molecule has 0 saturated heterocycles. The first kappa shape index (κ1) is 12.5. The molecule has 0 atom stereocenters.